The van der Waals surface area contributed by atoms with Crippen molar-refractivity contribution in [1.29, 1.82) is 0 Å². The van der Waals surface area contributed by atoms with Gasteiger partial charge in [-0.15, -0.1) is 11.3 Å². The van der Waals surface area contributed by atoms with Crippen LogP contribution in [-0.2, 0) is 0 Å². The van der Waals surface area contributed by atoms with Crippen molar-refractivity contribution >= 4 is 92.1 Å². The van der Waals surface area contributed by atoms with E-state index < -0.39 is 0 Å². The van der Waals surface area contributed by atoms with Gasteiger partial charge in [0, 0.05) is 48.0 Å². The Bertz CT molecular complexity index is 2800. The SMILES string of the molecule is c1ccc2c(-c3ccc(N(c4ccc5c(c4)sc4ccccc45)c4ccc5ccc6oc7ccccc7c6c5c4)cc3)cccc2c1. The van der Waals surface area contributed by atoms with E-state index in [1.807, 2.05) is 17.4 Å². The maximum Gasteiger partial charge on any atom is 0.136 e. The highest BCUT2D eigenvalue weighted by molar-refractivity contribution is 7.25. The van der Waals surface area contributed by atoms with Crippen molar-refractivity contribution in [2.24, 2.45) is 0 Å². The van der Waals surface area contributed by atoms with Crippen molar-refractivity contribution in [2.45, 2.75) is 0 Å². The summed E-state index contributed by atoms with van der Waals surface area (Å²) in [6, 6.07) is 59.1. The molecule has 2 aromatic heterocycles. The van der Waals surface area contributed by atoms with Gasteiger partial charge in [-0.3, -0.25) is 0 Å². The van der Waals surface area contributed by atoms with Crippen LogP contribution in [0.15, 0.2) is 168 Å². The van der Waals surface area contributed by atoms with E-state index in [9.17, 15) is 0 Å². The van der Waals surface area contributed by atoms with E-state index in [0.29, 0.717) is 0 Å². The lowest BCUT2D eigenvalue weighted by atomic mass is 9.98. The van der Waals surface area contributed by atoms with Crippen LogP contribution in [0.1, 0.15) is 0 Å². The molecule has 0 amide bonds. The quantitative estimate of drug-likeness (QED) is 0.195. The van der Waals surface area contributed by atoms with E-state index in [0.717, 1.165) is 39.0 Å². The van der Waals surface area contributed by atoms with Gasteiger partial charge in [-0.2, -0.15) is 0 Å². The predicted octanol–water partition coefficient (Wildman–Crippen LogP) is 13.4. The highest BCUT2D eigenvalue weighted by Gasteiger charge is 2.18. The predicted molar refractivity (Wildman–Crippen MR) is 202 cm³/mol. The van der Waals surface area contributed by atoms with Gasteiger partial charge in [0.15, 0.2) is 0 Å². The van der Waals surface area contributed by atoms with Crippen LogP contribution in [0.4, 0.5) is 17.1 Å². The van der Waals surface area contributed by atoms with Gasteiger partial charge in [0.25, 0.3) is 0 Å². The maximum atomic E-state index is 6.28. The van der Waals surface area contributed by atoms with Crippen LogP contribution in [-0.4, -0.2) is 0 Å². The van der Waals surface area contributed by atoms with Crippen LogP contribution >= 0.6 is 11.3 Å². The molecule has 0 spiro atoms. The first-order valence-corrected chi connectivity index (χ1v) is 16.7. The number of nitrogens with zero attached hydrogens (tertiary/aromatic N) is 1. The van der Waals surface area contributed by atoms with Crippen LogP contribution in [0.3, 0.4) is 0 Å². The normalized spacial score (nSPS) is 11.8. The van der Waals surface area contributed by atoms with E-state index in [4.69, 9.17) is 4.42 Å². The molecule has 0 N–H and O–H groups in total. The van der Waals surface area contributed by atoms with Gasteiger partial charge in [0.05, 0.1) is 0 Å². The molecule has 220 valence electrons. The largest absolute Gasteiger partial charge is 0.456 e. The van der Waals surface area contributed by atoms with Gasteiger partial charge in [-0.05, 0) is 87.3 Å². The lowest BCUT2D eigenvalue weighted by molar-refractivity contribution is 0.669. The van der Waals surface area contributed by atoms with E-state index in [2.05, 4.69) is 163 Å². The lowest BCUT2D eigenvalue weighted by Crippen LogP contribution is -2.09. The average molecular weight is 618 g/mol. The molecular formula is C44H27NOS. The van der Waals surface area contributed by atoms with Crippen LogP contribution < -0.4 is 4.90 Å². The van der Waals surface area contributed by atoms with Gasteiger partial charge in [0.2, 0.25) is 0 Å². The Morgan fingerprint density at radius 2 is 1.06 bits per heavy atom. The monoisotopic (exact) mass is 617 g/mol. The zero-order chi connectivity index (χ0) is 30.9. The zero-order valence-corrected chi connectivity index (χ0v) is 26.2. The number of furan rings is 1. The summed E-state index contributed by atoms with van der Waals surface area (Å²) in [6.45, 7) is 0. The number of para-hydroxylation sites is 1. The third-order valence-corrected chi connectivity index (χ3v) is 10.6. The average Bonchev–Trinajstić information content (AvgIpc) is 3.70. The molecule has 0 unspecified atom stereocenters. The van der Waals surface area contributed by atoms with E-state index in [1.54, 1.807) is 0 Å². The van der Waals surface area contributed by atoms with Gasteiger partial charge >= 0.3 is 0 Å². The standard InChI is InChI=1S/C44H27NOS/c1-2-10-34-28(8-1)9-7-13-35(34)29-16-20-31(21-17-29)45(33-23-24-37-36-11-4-6-15-42(36)47-43(37)27-33)32-22-18-30-19-25-41-44(39(30)26-32)38-12-3-5-14-40(38)46-41/h1-27H. The van der Waals surface area contributed by atoms with Crippen LogP contribution in [0, 0.1) is 0 Å². The summed E-state index contributed by atoms with van der Waals surface area (Å²) >= 11 is 1.85. The smallest absolute Gasteiger partial charge is 0.136 e. The second-order valence-corrected chi connectivity index (χ2v) is 13.2. The van der Waals surface area contributed by atoms with Gasteiger partial charge in [-0.25, -0.2) is 0 Å². The molecule has 0 aliphatic carbocycles. The Balaban J connectivity index is 1.18. The molecule has 2 heterocycles. The third kappa shape index (κ3) is 4.17. The number of anilines is 3. The fourth-order valence-electron chi connectivity index (χ4n) is 7.24. The Kier molecular flexibility index (Phi) is 5.78. The van der Waals surface area contributed by atoms with Crippen molar-refractivity contribution in [3.63, 3.8) is 0 Å². The molecule has 0 atom stereocenters. The van der Waals surface area contributed by atoms with E-state index in [-0.39, 0.29) is 0 Å². The number of rotatable bonds is 4. The van der Waals surface area contributed by atoms with E-state index >= 15 is 0 Å². The van der Waals surface area contributed by atoms with Crippen molar-refractivity contribution in [3.8, 4) is 11.1 Å². The fraction of sp³-hybridized carbons (Fsp3) is 0. The summed E-state index contributed by atoms with van der Waals surface area (Å²) in [7, 11) is 0. The summed E-state index contributed by atoms with van der Waals surface area (Å²) in [5.41, 5.74) is 7.62. The first-order chi connectivity index (χ1) is 23.3. The molecule has 0 bridgehead atoms. The molecule has 10 rings (SSSR count). The maximum absolute atomic E-state index is 6.28. The minimum absolute atomic E-state index is 0.911. The molecule has 0 aliphatic rings. The summed E-state index contributed by atoms with van der Waals surface area (Å²) in [5, 5.41) is 9.80. The van der Waals surface area contributed by atoms with Crippen molar-refractivity contribution in [2.75, 3.05) is 4.90 Å². The highest BCUT2D eigenvalue weighted by Crippen LogP contribution is 2.43. The molecular weight excluding hydrogens is 591 g/mol. The molecule has 2 nitrogen and oxygen atoms in total. The van der Waals surface area contributed by atoms with Crippen molar-refractivity contribution in [3.05, 3.63) is 164 Å². The summed E-state index contributed by atoms with van der Waals surface area (Å²) < 4.78 is 8.87. The molecule has 0 saturated carbocycles. The van der Waals surface area contributed by atoms with Crippen molar-refractivity contribution in [1.82, 2.24) is 0 Å². The Labute approximate surface area is 275 Å². The molecule has 10 aromatic rings. The highest BCUT2D eigenvalue weighted by atomic mass is 32.1. The van der Waals surface area contributed by atoms with Crippen LogP contribution in [0.2, 0.25) is 0 Å². The molecule has 0 fully saturated rings. The summed E-state index contributed by atoms with van der Waals surface area (Å²) in [6.07, 6.45) is 0. The zero-order valence-electron chi connectivity index (χ0n) is 25.4. The molecule has 3 heteroatoms. The minimum atomic E-state index is 0.911. The number of thiophene rings is 1. The second kappa shape index (κ2) is 10.3. The van der Waals surface area contributed by atoms with Crippen molar-refractivity contribution < 1.29 is 4.42 Å². The van der Waals surface area contributed by atoms with Gasteiger partial charge < -0.3 is 9.32 Å². The Morgan fingerprint density at radius 1 is 0.404 bits per heavy atom. The first kappa shape index (κ1) is 26.3. The molecule has 0 radical (unpaired) electrons. The number of fused-ring (bicyclic) bond motifs is 9. The fourth-order valence-corrected chi connectivity index (χ4v) is 8.38. The Hall–Kier alpha value is -5.90. The van der Waals surface area contributed by atoms with Gasteiger partial charge in [0.1, 0.15) is 11.2 Å². The Morgan fingerprint density at radius 3 is 1.98 bits per heavy atom. The number of hydrogen-bond donors (Lipinski definition) is 0. The summed E-state index contributed by atoms with van der Waals surface area (Å²) in [5.74, 6) is 0. The molecule has 0 saturated heterocycles. The topological polar surface area (TPSA) is 16.4 Å². The lowest BCUT2D eigenvalue weighted by Gasteiger charge is -2.26. The number of hydrogen-bond acceptors (Lipinski definition) is 3. The van der Waals surface area contributed by atoms with Gasteiger partial charge in [-0.1, -0.05) is 109 Å². The number of benzene rings is 8. The van der Waals surface area contributed by atoms with Crippen LogP contribution in [0.5, 0.6) is 0 Å². The first-order valence-electron chi connectivity index (χ1n) is 15.9. The summed E-state index contributed by atoms with van der Waals surface area (Å²) in [4.78, 5) is 2.39. The third-order valence-electron chi connectivity index (χ3n) is 9.45. The minimum Gasteiger partial charge on any atom is -0.456 e. The molecule has 47 heavy (non-hydrogen) atoms. The van der Waals surface area contributed by atoms with Crippen LogP contribution in [0.25, 0.3) is 74.8 Å². The second-order valence-electron chi connectivity index (χ2n) is 12.1. The molecule has 0 aliphatic heterocycles. The molecule has 8 aromatic carbocycles. The van der Waals surface area contributed by atoms with E-state index in [1.165, 1.54) is 52.8 Å².